The third-order valence-electron chi connectivity index (χ3n) is 4.50. The summed E-state index contributed by atoms with van der Waals surface area (Å²) in [6.07, 6.45) is 1.93. The summed E-state index contributed by atoms with van der Waals surface area (Å²) in [6.45, 7) is 0.171. The second-order valence-corrected chi connectivity index (χ2v) is 7.62. The Morgan fingerprint density at radius 2 is 1.86 bits per heavy atom. The topological polar surface area (TPSA) is 91.5 Å². The molecule has 0 bridgehead atoms. The third kappa shape index (κ3) is 2.68. The van der Waals surface area contributed by atoms with Gasteiger partial charge in [-0.2, -0.15) is 0 Å². The largest absolute Gasteiger partial charge is 0.454 e. The SMILES string of the molecule is O=[N+]([O-])c1ccc(C2=c3cc4c(cc3=Cc3nc(Br)c(Br)n3N2)OCO4)cc1. The monoisotopic (exact) mass is 504 g/mol. The van der Waals surface area contributed by atoms with Crippen LogP contribution >= 0.6 is 31.9 Å². The van der Waals surface area contributed by atoms with Crippen molar-refractivity contribution in [3.63, 3.8) is 0 Å². The van der Waals surface area contributed by atoms with E-state index >= 15 is 0 Å². The molecule has 0 saturated carbocycles. The van der Waals surface area contributed by atoms with Gasteiger partial charge in [0.25, 0.3) is 5.69 Å². The van der Waals surface area contributed by atoms with Crippen molar-refractivity contribution in [3.8, 4) is 11.5 Å². The van der Waals surface area contributed by atoms with E-state index in [1.165, 1.54) is 12.1 Å². The van der Waals surface area contributed by atoms with E-state index in [2.05, 4.69) is 42.3 Å². The molecule has 28 heavy (non-hydrogen) atoms. The smallest absolute Gasteiger partial charge is 0.269 e. The van der Waals surface area contributed by atoms with Gasteiger partial charge in [0.2, 0.25) is 6.79 Å². The second kappa shape index (κ2) is 6.35. The van der Waals surface area contributed by atoms with Gasteiger partial charge in [-0.05, 0) is 67.4 Å². The molecule has 2 aliphatic rings. The van der Waals surface area contributed by atoms with Crippen molar-refractivity contribution < 1.29 is 14.4 Å². The molecule has 2 aromatic carbocycles. The summed E-state index contributed by atoms with van der Waals surface area (Å²) in [7, 11) is 0. The first kappa shape index (κ1) is 17.3. The van der Waals surface area contributed by atoms with Gasteiger partial charge in [-0.1, -0.05) is 0 Å². The molecule has 0 fully saturated rings. The maximum Gasteiger partial charge on any atom is 0.269 e. The molecule has 140 valence electrons. The molecule has 2 aliphatic heterocycles. The van der Waals surface area contributed by atoms with Crippen molar-refractivity contribution in [1.82, 2.24) is 9.66 Å². The number of halogens is 2. The number of hydrogen-bond donors (Lipinski definition) is 1. The zero-order valence-corrected chi connectivity index (χ0v) is 17.2. The molecule has 1 aromatic heterocycles. The van der Waals surface area contributed by atoms with Crippen LogP contribution in [0.15, 0.2) is 45.6 Å². The standard InChI is InChI=1S/C18H10Br2N4O4/c19-17-18(20)23-15(21-17)6-10-5-13-14(28-8-27-13)7-12(10)16(22-23)9-1-3-11(4-2-9)24(25)26/h1-7,22H,8H2. The van der Waals surface area contributed by atoms with Crippen LogP contribution in [0.2, 0.25) is 0 Å². The number of benzene rings is 2. The van der Waals surface area contributed by atoms with Crippen molar-refractivity contribution in [2.75, 3.05) is 12.2 Å². The lowest BCUT2D eigenvalue weighted by Crippen LogP contribution is -2.29. The number of nitro groups is 1. The van der Waals surface area contributed by atoms with Crippen molar-refractivity contribution in [3.05, 3.63) is 77.5 Å². The molecule has 5 rings (SSSR count). The highest BCUT2D eigenvalue weighted by molar-refractivity contribution is 9.13. The summed E-state index contributed by atoms with van der Waals surface area (Å²) in [5, 5.41) is 12.8. The number of nitrogens with one attached hydrogen (secondary N) is 1. The lowest BCUT2D eigenvalue weighted by Gasteiger charge is -2.14. The highest BCUT2D eigenvalue weighted by atomic mass is 79.9. The average Bonchev–Trinajstić information content (AvgIpc) is 3.19. The number of nitrogens with zero attached hydrogens (tertiary/aromatic N) is 3. The Morgan fingerprint density at radius 1 is 1.14 bits per heavy atom. The summed E-state index contributed by atoms with van der Waals surface area (Å²) in [6, 6.07) is 10.2. The van der Waals surface area contributed by atoms with Gasteiger partial charge >= 0.3 is 0 Å². The molecule has 3 aromatic rings. The van der Waals surface area contributed by atoms with Crippen LogP contribution in [0, 0.1) is 10.1 Å². The van der Waals surface area contributed by atoms with E-state index in [9.17, 15) is 10.1 Å². The number of aromatic nitrogens is 2. The molecule has 0 atom stereocenters. The molecule has 0 spiro atoms. The minimum atomic E-state index is -0.420. The minimum absolute atomic E-state index is 0.0303. The predicted molar refractivity (Wildman–Crippen MR) is 108 cm³/mol. The molecule has 0 amide bonds. The molecule has 1 N–H and O–H groups in total. The van der Waals surface area contributed by atoms with E-state index in [1.54, 1.807) is 16.8 Å². The Morgan fingerprint density at radius 3 is 2.57 bits per heavy atom. The van der Waals surface area contributed by atoms with Crippen LogP contribution in [0.25, 0.3) is 11.8 Å². The summed E-state index contributed by atoms with van der Waals surface area (Å²) in [4.78, 5) is 15.1. The molecule has 10 heteroatoms. The number of ether oxygens (including phenoxy) is 2. The average molecular weight is 506 g/mol. The van der Waals surface area contributed by atoms with E-state index in [-0.39, 0.29) is 12.5 Å². The maximum atomic E-state index is 11.0. The Hall–Kier alpha value is -2.85. The van der Waals surface area contributed by atoms with Crippen LogP contribution in [0.3, 0.4) is 0 Å². The van der Waals surface area contributed by atoms with Crippen molar-refractivity contribution in [2.24, 2.45) is 0 Å². The number of non-ortho nitro benzene ring substituents is 1. The first-order valence-electron chi connectivity index (χ1n) is 8.12. The lowest BCUT2D eigenvalue weighted by molar-refractivity contribution is -0.384. The molecule has 0 saturated heterocycles. The normalized spacial score (nSPS) is 13.9. The lowest BCUT2D eigenvalue weighted by atomic mass is 10.1. The van der Waals surface area contributed by atoms with E-state index in [1.807, 2.05) is 18.2 Å². The molecule has 8 nitrogen and oxygen atoms in total. The molecule has 3 heterocycles. The first-order valence-corrected chi connectivity index (χ1v) is 9.71. The number of nitro benzene ring substituents is 1. The van der Waals surface area contributed by atoms with E-state index < -0.39 is 4.92 Å². The van der Waals surface area contributed by atoms with Gasteiger partial charge < -0.3 is 9.47 Å². The number of imidazole rings is 1. The molecule has 0 unspecified atom stereocenters. The Bertz CT molecular complexity index is 1270. The van der Waals surface area contributed by atoms with Crippen molar-refractivity contribution >= 4 is 49.3 Å². The summed E-state index contributed by atoms with van der Waals surface area (Å²) < 4.78 is 14.2. The van der Waals surface area contributed by atoms with Crippen molar-refractivity contribution in [2.45, 2.75) is 0 Å². The van der Waals surface area contributed by atoms with E-state index in [0.717, 1.165) is 21.7 Å². The van der Waals surface area contributed by atoms with Gasteiger partial charge in [0.1, 0.15) is 9.21 Å². The summed E-state index contributed by atoms with van der Waals surface area (Å²) >= 11 is 6.94. The third-order valence-corrected chi connectivity index (χ3v) is 6.31. The van der Waals surface area contributed by atoms with Gasteiger partial charge in [-0.25, -0.2) is 9.66 Å². The Balaban J connectivity index is 1.81. The Labute approximate surface area is 174 Å². The van der Waals surface area contributed by atoms with Crippen LogP contribution in [0.1, 0.15) is 11.4 Å². The van der Waals surface area contributed by atoms with E-state index in [4.69, 9.17) is 9.47 Å². The zero-order chi connectivity index (χ0) is 19.4. The van der Waals surface area contributed by atoms with Crippen molar-refractivity contribution in [1.29, 1.82) is 0 Å². The van der Waals surface area contributed by atoms with Gasteiger partial charge in [-0.15, -0.1) is 0 Å². The number of rotatable bonds is 2. The number of hydrogen-bond acceptors (Lipinski definition) is 6. The van der Waals surface area contributed by atoms with Crippen LogP contribution < -0.4 is 25.3 Å². The number of fused-ring (bicyclic) bond motifs is 3. The van der Waals surface area contributed by atoms with Gasteiger partial charge in [-0.3, -0.25) is 15.5 Å². The molecule has 0 radical (unpaired) electrons. The molecule has 0 aliphatic carbocycles. The molecular weight excluding hydrogens is 496 g/mol. The summed E-state index contributed by atoms with van der Waals surface area (Å²) in [5.74, 6) is 1.99. The van der Waals surface area contributed by atoms with E-state index in [0.29, 0.717) is 26.5 Å². The second-order valence-electron chi connectivity index (χ2n) is 6.11. The van der Waals surface area contributed by atoms with Gasteiger partial charge in [0.15, 0.2) is 17.3 Å². The fourth-order valence-corrected chi connectivity index (χ4v) is 3.89. The fraction of sp³-hybridized carbons (Fsp3) is 0.0556. The minimum Gasteiger partial charge on any atom is -0.454 e. The summed E-state index contributed by atoms with van der Waals surface area (Å²) in [5.41, 5.74) is 4.92. The highest BCUT2D eigenvalue weighted by Gasteiger charge is 2.20. The van der Waals surface area contributed by atoms with Crippen LogP contribution in [-0.2, 0) is 0 Å². The zero-order valence-electron chi connectivity index (χ0n) is 14.0. The van der Waals surface area contributed by atoms with Crippen LogP contribution in [0.4, 0.5) is 5.69 Å². The van der Waals surface area contributed by atoms with Gasteiger partial charge in [0.05, 0.1) is 10.6 Å². The van der Waals surface area contributed by atoms with Crippen LogP contribution in [0.5, 0.6) is 11.5 Å². The first-order chi connectivity index (χ1) is 13.5. The Kier molecular flexibility index (Phi) is 3.91. The van der Waals surface area contributed by atoms with Crippen LogP contribution in [-0.4, -0.2) is 21.4 Å². The maximum absolute atomic E-state index is 11.0. The highest BCUT2D eigenvalue weighted by Crippen LogP contribution is 2.30. The predicted octanol–water partition coefficient (Wildman–Crippen LogP) is 2.59. The quantitative estimate of drug-likeness (QED) is 0.425. The van der Waals surface area contributed by atoms with Gasteiger partial charge in [0, 0.05) is 22.9 Å². The fourth-order valence-electron chi connectivity index (χ4n) is 3.17. The molecular formula is C18H10Br2N4O4.